The van der Waals surface area contributed by atoms with Crippen LogP contribution in [-0.2, 0) is 12.0 Å². The maximum absolute atomic E-state index is 9.65. The van der Waals surface area contributed by atoms with Crippen molar-refractivity contribution >= 4 is 16.5 Å². The van der Waals surface area contributed by atoms with Crippen LogP contribution in [0.3, 0.4) is 0 Å². The van der Waals surface area contributed by atoms with Gasteiger partial charge in [-0.15, -0.1) is 0 Å². The molecular weight excluding hydrogens is 282 g/mol. The van der Waals surface area contributed by atoms with Crippen LogP contribution in [-0.4, -0.2) is 46.7 Å². The summed E-state index contributed by atoms with van der Waals surface area (Å²) in [7, 11) is 0. The third-order valence-corrected chi connectivity index (χ3v) is 5.80. The highest BCUT2D eigenvalue weighted by molar-refractivity contribution is 7.15. The highest BCUT2D eigenvalue weighted by Crippen LogP contribution is 2.36. The van der Waals surface area contributed by atoms with Crippen LogP contribution in [0.1, 0.15) is 51.1 Å². The SMILES string of the molecule is CC1CN2CCCC2CN1c1nc(C(C)(C)C)c(CO)s1. The number of fused-ring (bicyclic) bond motifs is 1. The topological polar surface area (TPSA) is 39.6 Å². The maximum atomic E-state index is 9.65. The van der Waals surface area contributed by atoms with Crippen molar-refractivity contribution < 1.29 is 5.11 Å². The van der Waals surface area contributed by atoms with Gasteiger partial charge in [-0.2, -0.15) is 0 Å². The van der Waals surface area contributed by atoms with E-state index in [1.165, 1.54) is 19.4 Å². The summed E-state index contributed by atoms with van der Waals surface area (Å²) in [6.07, 6.45) is 2.64. The first-order chi connectivity index (χ1) is 9.90. The van der Waals surface area contributed by atoms with Crippen LogP contribution >= 0.6 is 11.3 Å². The molecular formula is C16H27N3OS. The molecule has 2 atom stereocenters. The molecule has 0 bridgehead atoms. The Morgan fingerprint density at radius 1 is 1.33 bits per heavy atom. The van der Waals surface area contributed by atoms with E-state index < -0.39 is 0 Å². The summed E-state index contributed by atoms with van der Waals surface area (Å²) in [4.78, 5) is 11.0. The monoisotopic (exact) mass is 309 g/mol. The second-order valence-electron chi connectivity index (χ2n) is 7.47. The van der Waals surface area contributed by atoms with Crippen LogP contribution in [0.4, 0.5) is 5.13 Å². The van der Waals surface area contributed by atoms with Crippen LogP contribution < -0.4 is 4.90 Å². The molecule has 2 aliphatic heterocycles. The van der Waals surface area contributed by atoms with Gasteiger partial charge in [-0.1, -0.05) is 32.1 Å². The molecule has 0 spiro atoms. The maximum Gasteiger partial charge on any atom is 0.186 e. The average molecular weight is 309 g/mol. The Bertz CT molecular complexity index is 508. The molecule has 2 saturated heterocycles. The Morgan fingerprint density at radius 2 is 2.10 bits per heavy atom. The Kier molecular flexibility index (Phi) is 4.01. The number of aromatic nitrogens is 1. The van der Waals surface area contributed by atoms with Gasteiger partial charge in [0, 0.05) is 30.6 Å². The van der Waals surface area contributed by atoms with Crippen LogP contribution in [0.25, 0.3) is 0 Å². The van der Waals surface area contributed by atoms with Crippen molar-refractivity contribution in [2.24, 2.45) is 0 Å². The lowest BCUT2D eigenvalue weighted by molar-refractivity contribution is 0.203. The van der Waals surface area contributed by atoms with Gasteiger partial charge in [0.2, 0.25) is 0 Å². The van der Waals surface area contributed by atoms with Crippen molar-refractivity contribution in [1.29, 1.82) is 0 Å². The molecule has 2 fully saturated rings. The predicted octanol–water partition coefficient (Wildman–Crippen LogP) is 2.61. The van der Waals surface area contributed by atoms with Crippen LogP contribution in [0.15, 0.2) is 0 Å². The Balaban J connectivity index is 1.88. The van der Waals surface area contributed by atoms with E-state index in [1.54, 1.807) is 11.3 Å². The molecule has 21 heavy (non-hydrogen) atoms. The van der Waals surface area contributed by atoms with E-state index in [1.807, 2.05) is 0 Å². The van der Waals surface area contributed by atoms with Gasteiger partial charge in [0.25, 0.3) is 0 Å². The first kappa shape index (κ1) is 15.3. The molecule has 0 aliphatic carbocycles. The zero-order chi connectivity index (χ0) is 15.2. The van der Waals surface area contributed by atoms with Gasteiger partial charge in [-0.3, -0.25) is 4.90 Å². The van der Waals surface area contributed by atoms with Gasteiger partial charge < -0.3 is 10.0 Å². The second-order valence-corrected chi connectivity index (χ2v) is 8.53. The van der Waals surface area contributed by atoms with E-state index in [9.17, 15) is 5.11 Å². The molecule has 2 unspecified atom stereocenters. The van der Waals surface area contributed by atoms with E-state index in [0.717, 1.165) is 28.8 Å². The molecule has 2 aliphatic rings. The van der Waals surface area contributed by atoms with Crippen molar-refractivity contribution in [3.8, 4) is 0 Å². The summed E-state index contributed by atoms with van der Waals surface area (Å²) in [6, 6.07) is 1.20. The van der Waals surface area contributed by atoms with Crippen molar-refractivity contribution in [3.05, 3.63) is 10.6 Å². The predicted molar refractivity (Wildman–Crippen MR) is 88.1 cm³/mol. The molecule has 0 aromatic carbocycles. The number of aliphatic hydroxyl groups excluding tert-OH is 1. The largest absolute Gasteiger partial charge is 0.391 e. The first-order valence-corrected chi connectivity index (χ1v) is 8.83. The third-order valence-electron chi connectivity index (χ3n) is 4.72. The molecule has 1 aromatic rings. The molecule has 118 valence electrons. The number of aliphatic hydroxyl groups is 1. The molecule has 0 amide bonds. The number of thiazole rings is 1. The second kappa shape index (κ2) is 5.52. The van der Waals surface area contributed by atoms with E-state index in [4.69, 9.17) is 4.98 Å². The highest BCUT2D eigenvalue weighted by atomic mass is 32.1. The van der Waals surface area contributed by atoms with Crippen molar-refractivity contribution in [3.63, 3.8) is 0 Å². The fraction of sp³-hybridized carbons (Fsp3) is 0.812. The lowest BCUT2D eigenvalue weighted by Gasteiger charge is -2.42. The summed E-state index contributed by atoms with van der Waals surface area (Å²) in [5.41, 5.74) is 1.05. The van der Waals surface area contributed by atoms with E-state index >= 15 is 0 Å². The van der Waals surface area contributed by atoms with Crippen molar-refractivity contribution in [1.82, 2.24) is 9.88 Å². The summed E-state index contributed by atoms with van der Waals surface area (Å²) in [6.45, 7) is 12.4. The molecule has 1 N–H and O–H groups in total. The van der Waals surface area contributed by atoms with Crippen molar-refractivity contribution in [2.45, 2.75) is 64.6 Å². The van der Waals surface area contributed by atoms with Gasteiger partial charge in [-0.25, -0.2) is 4.98 Å². The number of rotatable bonds is 2. The lowest BCUT2D eigenvalue weighted by atomic mass is 9.91. The minimum Gasteiger partial charge on any atom is -0.391 e. The fourth-order valence-electron chi connectivity index (χ4n) is 3.61. The highest BCUT2D eigenvalue weighted by Gasteiger charge is 2.36. The number of anilines is 1. The quantitative estimate of drug-likeness (QED) is 0.911. The van der Waals surface area contributed by atoms with Crippen LogP contribution in [0.2, 0.25) is 0 Å². The molecule has 3 heterocycles. The van der Waals surface area contributed by atoms with Gasteiger partial charge in [-0.05, 0) is 26.3 Å². The number of hydrogen-bond donors (Lipinski definition) is 1. The zero-order valence-corrected chi connectivity index (χ0v) is 14.4. The molecule has 1 aromatic heterocycles. The van der Waals surface area contributed by atoms with E-state index in [2.05, 4.69) is 37.5 Å². The van der Waals surface area contributed by atoms with Gasteiger partial charge in [0.15, 0.2) is 5.13 Å². The smallest absolute Gasteiger partial charge is 0.186 e. The van der Waals surface area contributed by atoms with E-state index in [-0.39, 0.29) is 12.0 Å². The average Bonchev–Trinajstić information content (AvgIpc) is 3.01. The lowest BCUT2D eigenvalue weighted by Crippen LogP contribution is -2.55. The number of hydrogen-bond acceptors (Lipinski definition) is 5. The third kappa shape index (κ3) is 2.83. The van der Waals surface area contributed by atoms with Crippen molar-refractivity contribution in [2.75, 3.05) is 24.5 Å². The van der Waals surface area contributed by atoms with Crippen LogP contribution in [0, 0.1) is 0 Å². The molecule has 5 heteroatoms. The Morgan fingerprint density at radius 3 is 2.71 bits per heavy atom. The fourth-order valence-corrected chi connectivity index (χ4v) is 4.85. The molecule has 3 rings (SSSR count). The standard InChI is InChI=1S/C16H27N3OS/c1-11-8-18-7-5-6-12(18)9-19(11)15-17-14(16(2,3)4)13(10-20)21-15/h11-12,20H,5-10H2,1-4H3. The first-order valence-electron chi connectivity index (χ1n) is 8.02. The summed E-state index contributed by atoms with van der Waals surface area (Å²) in [5, 5.41) is 10.8. The number of nitrogens with zero attached hydrogens (tertiary/aromatic N) is 3. The molecule has 0 saturated carbocycles. The Labute approximate surface area is 131 Å². The summed E-state index contributed by atoms with van der Waals surface area (Å²) < 4.78 is 0. The minimum absolute atomic E-state index is 0.00870. The summed E-state index contributed by atoms with van der Waals surface area (Å²) in [5.74, 6) is 0. The van der Waals surface area contributed by atoms with Gasteiger partial charge in [0.1, 0.15) is 0 Å². The van der Waals surface area contributed by atoms with Gasteiger partial charge in [0.05, 0.1) is 17.2 Å². The molecule has 0 radical (unpaired) electrons. The van der Waals surface area contributed by atoms with E-state index in [0.29, 0.717) is 12.1 Å². The van der Waals surface area contributed by atoms with Crippen LogP contribution in [0.5, 0.6) is 0 Å². The number of piperazine rings is 1. The van der Waals surface area contributed by atoms with Gasteiger partial charge >= 0.3 is 0 Å². The molecule has 4 nitrogen and oxygen atoms in total. The summed E-state index contributed by atoms with van der Waals surface area (Å²) >= 11 is 1.68. The minimum atomic E-state index is -0.00870. The normalized spacial score (nSPS) is 27.2. The Hall–Kier alpha value is -0.650. The zero-order valence-electron chi connectivity index (χ0n) is 13.6.